The Morgan fingerprint density at radius 1 is 1.52 bits per heavy atom. The summed E-state index contributed by atoms with van der Waals surface area (Å²) in [5.41, 5.74) is 3.57. The van der Waals surface area contributed by atoms with Gasteiger partial charge in [-0.15, -0.1) is 0 Å². The van der Waals surface area contributed by atoms with Gasteiger partial charge in [-0.05, 0) is 32.8 Å². The zero-order chi connectivity index (χ0) is 16.4. The lowest BCUT2D eigenvalue weighted by atomic mass is 9.99. The van der Waals surface area contributed by atoms with Crippen molar-refractivity contribution in [2.75, 3.05) is 6.54 Å². The van der Waals surface area contributed by atoms with Crippen molar-refractivity contribution in [2.45, 2.75) is 45.3 Å². The van der Waals surface area contributed by atoms with E-state index in [0.717, 1.165) is 29.8 Å². The van der Waals surface area contributed by atoms with Crippen molar-refractivity contribution in [3.8, 4) is 0 Å². The number of rotatable bonds is 5. The Kier molecular flexibility index (Phi) is 4.47. The minimum Gasteiger partial charge on any atom is -0.369 e. The molecule has 0 aromatic carbocycles. The molecular weight excluding hydrogens is 294 g/mol. The Morgan fingerprint density at radius 3 is 3.09 bits per heavy atom. The SMILES string of the molecule is C[C@@H]1Cc2c(C(=O)NCCCc3ccnn3C)n[nH]c2[C@H](C)O1. The summed E-state index contributed by atoms with van der Waals surface area (Å²) in [6.45, 7) is 4.61. The molecule has 2 aromatic heterocycles. The third kappa shape index (κ3) is 3.29. The van der Waals surface area contributed by atoms with Crippen LogP contribution in [-0.4, -0.2) is 38.5 Å². The number of carbonyl (C=O) groups excluding carboxylic acids is 1. The van der Waals surface area contributed by atoms with Gasteiger partial charge >= 0.3 is 0 Å². The molecule has 2 aromatic rings. The van der Waals surface area contributed by atoms with Crippen LogP contribution in [0.3, 0.4) is 0 Å². The van der Waals surface area contributed by atoms with Crippen molar-refractivity contribution < 1.29 is 9.53 Å². The highest BCUT2D eigenvalue weighted by molar-refractivity contribution is 5.94. The van der Waals surface area contributed by atoms with Gasteiger partial charge in [0.05, 0.1) is 17.9 Å². The summed E-state index contributed by atoms with van der Waals surface area (Å²) in [6, 6.07) is 1.99. The molecule has 7 heteroatoms. The van der Waals surface area contributed by atoms with Crippen LogP contribution in [0.5, 0.6) is 0 Å². The van der Waals surface area contributed by atoms with Crippen LogP contribution in [0, 0.1) is 0 Å². The first-order chi connectivity index (χ1) is 11.1. The average Bonchev–Trinajstić information content (AvgIpc) is 3.10. The topological polar surface area (TPSA) is 84.8 Å². The number of nitrogens with one attached hydrogen (secondary N) is 2. The van der Waals surface area contributed by atoms with E-state index in [-0.39, 0.29) is 18.1 Å². The van der Waals surface area contributed by atoms with Gasteiger partial charge in [0.2, 0.25) is 0 Å². The van der Waals surface area contributed by atoms with Gasteiger partial charge in [-0.2, -0.15) is 10.2 Å². The van der Waals surface area contributed by atoms with Crippen LogP contribution in [-0.2, 0) is 24.6 Å². The summed E-state index contributed by atoms with van der Waals surface area (Å²) in [6.07, 6.45) is 4.31. The van der Waals surface area contributed by atoms with Crippen molar-refractivity contribution in [3.05, 3.63) is 34.9 Å². The van der Waals surface area contributed by atoms with Crippen molar-refractivity contribution >= 4 is 5.91 Å². The van der Waals surface area contributed by atoms with E-state index in [9.17, 15) is 4.79 Å². The molecule has 1 amide bonds. The van der Waals surface area contributed by atoms with E-state index in [1.165, 1.54) is 0 Å². The van der Waals surface area contributed by atoms with E-state index in [1.807, 2.05) is 31.6 Å². The molecule has 7 nitrogen and oxygen atoms in total. The molecule has 23 heavy (non-hydrogen) atoms. The molecule has 3 rings (SSSR count). The van der Waals surface area contributed by atoms with Crippen LogP contribution in [0.1, 0.15) is 53.8 Å². The fourth-order valence-corrected chi connectivity index (χ4v) is 3.06. The predicted octanol–water partition coefficient (Wildman–Crippen LogP) is 1.53. The Balaban J connectivity index is 1.56. The van der Waals surface area contributed by atoms with Gasteiger partial charge < -0.3 is 10.1 Å². The number of H-pyrrole nitrogens is 1. The Morgan fingerprint density at radius 2 is 2.35 bits per heavy atom. The van der Waals surface area contributed by atoms with Crippen LogP contribution in [0.25, 0.3) is 0 Å². The second-order valence-corrected chi connectivity index (χ2v) is 6.06. The molecule has 0 bridgehead atoms. The van der Waals surface area contributed by atoms with E-state index in [1.54, 1.807) is 6.20 Å². The van der Waals surface area contributed by atoms with Crippen LogP contribution in [0.2, 0.25) is 0 Å². The summed E-state index contributed by atoms with van der Waals surface area (Å²) in [7, 11) is 1.92. The third-order valence-corrected chi connectivity index (χ3v) is 4.27. The molecule has 1 aliphatic heterocycles. The summed E-state index contributed by atoms with van der Waals surface area (Å²) in [5.74, 6) is -0.117. The maximum atomic E-state index is 12.4. The quantitative estimate of drug-likeness (QED) is 0.819. The lowest BCUT2D eigenvalue weighted by molar-refractivity contribution is -0.00697. The standard InChI is InChI=1S/C16H23N5O2/c1-10-9-13-14(11(2)23-10)19-20-15(13)16(22)17-7-4-5-12-6-8-18-21(12)3/h6,8,10-11H,4-5,7,9H2,1-3H3,(H,17,22)(H,19,20)/t10-,11+/m1/s1. The lowest BCUT2D eigenvalue weighted by Crippen LogP contribution is -2.28. The van der Waals surface area contributed by atoms with Gasteiger partial charge in [-0.1, -0.05) is 0 Å². The van der Waals surface area contributed by atoms with Crippen LogP contribution in [0.15, 0.2) is 12.3 Å². The van der Waals surface area contributed by atoms with Crippen molar-refractivity contribution in [1.29, 1.82) is 0 Å². The normalized spacial score (nSPS) is 20.3. The monoisotopic (exact) mass is 317 g/mol. The minimum absolute atomic E-state index is 0.0485. The highest BCUT2D eigenvalue weighted by Gasteiger charge is 2.29. The van der Waals surface area contributed by atoms with Gasteiger partial charge in [0.25, 0.3) is 5.91 Å². The number of aromatic amines is 1. The molecule has 2 N–H and O–H groups in total. The van der Waals surface area contributed by atoms with Crippen LogP contribution < -0.4 is 5.32 Å². The van der Waals surface area contributed by atoms with Crippen molar-refractivity contribution in [2.24, 2.45) is 7.05 Å². The molecule has 0 radical (unpaired) electrons. The molecule has 0 saturated heterocycles. The number of aryl methyl sites for hydroxylation is 2. The zero-order valence-electron chi connectivity index (χ0n) is 13.8. The first kappa shape index (κ1) is 15.7. The summed E-state index contributed by atoms with van der Waals surface area (Å²) >= 11 is 0. The number of hydrogen-bond donors (Lipinski definition) is 2. The number of hydrogen-bond acceptors (Lipinski definition) is 4. The number of amides is 1. The van der Waals surface area contributed by atoms with E-state index < -0.39 is 0 Å². The molecule has 0 fully saturated rings. The zero-order valence-corrected chi connectivity index (χ0v) is 13.8. The van der Waals surface area contributed by atoms with Crippen LogP contribution >= 0.6 is 0 Å². The van der Waals surface area contributed by atoms with Crippen molar-refractivity contribution in [3.63, 3.8) is 0 Å². The maximum absolute atomic E-state index is 12.4. The largest absolute Gasteiger partial charge is 0.369 e. The van der Waals surface area contributed by atoms with E-state index in [4.69, 9.17) is 4.74 Å². The first-order valence-corrected chi connectivity index (χ1v) is 8.04. The molecule has 0 saturated carbocycles. The summed E-state index contributed by atoms with van der Waals surface area (Å²) < 4.78 is 7.60. The highest BCUT2D eigenvalue weighted by atomic mass is 16.5. The molecule has 0 unspecified atom stereocenters. The van der Waals surface area contributed by atoms with Gasteiger partial charge in [-0.25, -0.2) is 0 Å². The molecule has 1 aliphatic rings. The highest BCUT2D eigenvalue weighted by Crippen LogP contribution is 2.29. The average molecular weight is 317 g/mol. The number of fused-ring (bicyclic) bond motifs is 1. The van der Waals surface area contributed by atoms with Gasteiger partial charge in [0.1, 0.15) is 0 Å². The molecular formula is C16H23N5O2. The Labute approximate surface area is 135 Å². The van der Waals surface area contributed by atoms with Gasteiger partial charge in [0, 0.05) is 37.5 Å². The third-order valence-electron chi connectivity index (χ3n) is 4.27. The second kappa shape index (κ2) is 6.54. The van der Waals surface area contributed by atoms with E-state index in [0.29, 0.717) is 18.7 Å². The first-order valence-electron chi connectivity index (χ1n) is 8.04. The maximum Gasteiger partial charge on any atom is 0.272 e. The molecule has 124 valence electrons. The van der Waals surface area contributed by atoms with E-state index in [2.05, 4.69) is 20.6 Å². The van der Waals surface area contributed by atoms with Gasteiger partial charge in [-0.3, -0.25) is 14.6 Å². The fourth-order valence-electron chi connectivity index (χ4n) is 3.06. The summed E-state index contributed by atoms with van der Waals surface area (Å²) in [5, 5.41) is 14.2. The fraction of sp³-hybridized carbons (Fsp3) is 0.562. The van der Waals surface area contributed by atoms with Crippen molar-refractivity contribution in [1.82, 2.24) is 25.3 Å². The molecule has 0 spiro atoms. The Hall–Kier alpha value is -2.15. The number of ether oxygens (including phenoxy) is 1. The predicted molar refractivity (Wildman–Crippen MR) is 85.1 cm³/mol. The minimum atomic E-state index is -0.117. The molecule has 3 heterocycles. The number of carbonyl (C=O) groups is 1. The van der Waals surface area contributed by atoms with E-state index >= 15 is 0 Å². The number of aromatic nitrogens is 4. The second-order valence-electron chi connectivity index (χ2n) is 6.06. The van der Waals surface area contributed by atoms with Gasteiger partial charge in [0.15, 0.2) is 5.69 Å². The smallest absolute Gasteiger partial charge is 0.272 e. The Bertz CT molecular complexity index is 690. The molecule has 0 aliphatic carbocycles. The van der Waals surface area contributed by atoms with Crippen LogP contribution in [0.4, 0.5) is 0 Å². The summed E-state index contributed by atoms with van der Waals surface area (Å²) in [4.78, 5) is 12.4. The lowest BCUT2D eigenvalue weighted by Gasteiger charge is -2.25. The number of nitrogens with zero attached hydrogens (tertiary/aromatic N) is 3. The molecule has 2 atom stereocenters.